The Morgan fingerprint density at radius 1 is 1.00 bits per heavy atom. The summed E-state index contributed by atoms with van der Waals surface area (Å²) < 4.78 is 2.30. The Labute approximate surface area is 209 Å². The minimum Gasteiger partial charge on any atom is -0.357 e. The third-order valence-electron chi connectivity index (χ3n) is 6.52. The summed E-state index contributed by atoms with van der Waals surface area (Å²) in [6.07, 6.45) is 5.88. The predicted molar refractivity (Wildman–Crippen MR) is 140 cm³/mol. The lowest BCUT2D eigenvalue weighted by Gasteiger charge is -2.40. The molecule has 0 bridgehead atoms. The number of hydrogen-bond acceptors (Lipinski definition) is 4. The van der Waals surface area contributed by atoms with Crippen LogP contribution in [-0.2, 0) is 19.5 Å². The molecular weight excluding hydrogens is 513 g/mol. The lowest BCUT2D eigenvalue weighted by Crippen LogP contribution is -2.53. The molecule has 1 atom stereocenters. The van der Waals surface area contributed by atoms with Gasteiger partial charge >= 0.3 is 0 Å². The SMILES string of the molecule is CCNC(=NCc1nnc2n1CCCCC2)N1CCN(C(CC)c2ccccc2)CC1.I. The summed E-state index contributed by atoms with van der Waals surface area (Å²) in [7, 11) is 0. The number of nitrogens with one attached hydrogen (secondary N) is 1. The Balaban J connectivity index is 0.00000289. The van der Waals surface area contributed by atoms with E-state index in [2.05, 4.69) is 74.1 Å². The van der Waals surface area contributed by atoms with E-state index in [0.29, 0.717) is 12.6 Å². The number of fused-ring (bicyclic) bond motifs is 1. The van der Waals surface area contributed by atoms with Gasteiger partial charge in [-0.25, -0.2) is 4.99 Å². The molecule has 2 aliphatic rings. The van der Waals surface area contributed by atoms with Gasteiger partial charge in [0.05, 0.1) is 0 Å². The predicted octanol–water partition coefficient (Wildman–Crippen LogP) is 3.86. The number of aliphatic imine (C=N–C) groups is 1. The second-order valence-electron chi connectivity index (χ2n) is 8.52. The molecule has 2 aromatic rings. The molecule has 176 valence electrons. The summed E-state index contributed by atoms with van der Waals surface area (Å²) in [6, 6.07) is 11.4. The first-order valence-electron chi connectivity index (χ1n) is 12.0. The molecule has 1 N–H and O–H groups in total. The molecule has 1 saturated heterocycles. The van der Waals surface area contributed by atoms with Gasteiger partial charge in [-0.1, -0.05) is 43.7 Å². The van der Waals surface area contributed by atoms with Gasteiger partial charge in [0, 0.05) is 51.7 Å². The largest absolute Gasteiger partial charge is 0.357 e. The van der Waals surface area contributed by atoms with E-state index in [0.717, 1.165) is 69.7 Å². The van der Waals surface area contributed by atoms with Gasteiger partial charge in [0.25, 0.3) is 0 Å². The Hall–Kier alpha value is -1.68. The molecule has 1 fully saturated rings. The van der Waals surface area contributed by atoms with E-state index in [1.807, 2.05) is 0 Å². The van der Waals surface area contributed by atoms with E-state index >= 15 is 0 Å². The van der Waals surface area contributed by atoms with Crippen molar-refractivity contribution < 1.29 is 0 Å². The summed E-state index contributed by atoms with van der Waals surface area (Å²) >= 11 is 0. The molecule has 3 heterocycles. The van der Waals surface area contributed by atoms with Crippen molar-refractivity contribution in [3.05, 3.63) is 47.5 Å². The molecule has 8 heteroatoms. The molecule has 4 rings (SSSR count). The van der Waals surface area contributed by atoms with Crippen LogP contribution in [0.25, 0.3) is 0 Å². The number of guanidine groups is 1. The summed E-state index contributed by atoms with van der Waals surface area (Å²) in [5.41, 5.74) is 1.42. The third kappa shape index (κ3) is 6.01. The molecule has 0 amide bonds. The van der Waals surface area contributed by atoms with Crippen molar-refractivity contribution in [2.45, 2.75) is 65.1 Å². The van der Waals surface area contributed by atoms with Crippen molar-refractivity contribution in [2.75, 3.05) is 32.7 Å². The van der Waals surface area contributed by atoms with Gasteiger partial charge in [-0.2, -0.15) is 0 Å². The van der Waals surface area contributed by atoms with Crippen molar-refractivity contribution in [3.8, 4) is 0 Å². The normalized spacial score (nSPS) is 18.4. The monoisotopic (exact) mass is 551 g/mol. The molecule has 1 aromatic carbocycles. The topological polar surface area (TPSA) is 61.6 Å². The Bertz CT molecular complexity index is 843. The van der Waals surface area contributed by atoms with Crippen LogP contribution in [0.15, 0.2) is 35.3 Å². The van der Waals surface area contributed by atoms with Crippen molar-refractivity contribution in [1.82, 2.24) is 29.9 Å². The average Bonchev–Trinajstić information content (AvgIpc) is 3.04. The Morgan fingerprint density at radius 2 is 1.78 bits per heavy atom. The van der Waals surface area contributed by atoms with Crippen LogP contribution in [0, 0.1) is 0 Å². The molecule has 1 unspecified atom stereocenters. The molecule has 7 nitrogen and oxygen atoms in total. The van der Waals surface area contributed by atoms with Crippen LogP contribution < -0.4 is 5.32 Å². The van der Waals surface area contributed by atoms with Crippen LogP contribution in [-0.4, -0.2) is 63.2 Å². The number of rotatable bonds is 6. The zero-order valence-corrected chi connectivity index (χ0v) is 21.9. The maximum absolute atomic E-state index is 4.96. The van der Waals surface area contributed by atoms with Crippen LogP contribution >= 0.6 is 24.0 Å². The van der Waals surface area contributed by atoms with Gasteiger partial charge < -0.3 is 14.8 Å². The van der Waals surface area contributed by atoms with Gasteiger partial charge in [-0.3, -0.25) is 4.90 Å². The fourth-order valence-corrected chi connectivity index (χ4v) is 4.86. The highest BCUT2D eigenvalue weighted by Gasteiger charge is 2.25. The fourth-order valence-electron chi connectivity index (χ4n) is 4.86. The highest BCUT2D eigenvalue weighted by molar-refractivity contribution is 14.0. The summed E-state index contributed by atoms with van der Waals surface area (Å²) in [6.45, 7) is 11.0. The third-order valence-corrected chi connectivity index (χ3v) is 6.52. The Kier molecular flexibility index (Phi) is 9.77. The first-order chi connectivity index (χ1) is 15.3. The molecule has 1 aromatic heterocycles. The number of hydrogen-bond donors (Lipinski definition) is 1. The molecule has 32 heavy (non-hydrogen) atoms. The zero-order chi connectivity index (χ0) is 21.5. The molecule has 0 saturated carbocycles. The van der Waals surface area contributed by atoms with E-state index in [4.69, 9.17) is 4.99 Å². The molecular formula is C24H38IN7. The lowest BCUT2D eigenvalue weighted by molar-refractivity contribution is 0.127. The molecule has 0 spiro atoms. The highest BCUT2D eigenvalue weighted by atomic mass is 127. The van der Waals surface area contributed by atoms with Crippen LogP contribution in [0.3, 0.4) is 0 Å². The standard InChI is InChI=1S/C24H37N7.HI/c1-3-21(20-11-7-5-8-12-20)29-15-17-30(18-16-29)24(25-4-2)26-19-23-28-27-22-13-9-6-10-14-31(22)23;/h5,7-8,11-12,21H,3-4,6,9-10,13-19H2,1-2H3,(H,25,26);1H. The number of halogens is 1. The number of benzene rings is 1. The van der Waals surface area contributed by atoms with Crippen molar-refractivity contribution in [2.24, 2.45) is 4.99 Å². The lowest BCUT2D eigenvalue weighted by atomic mass is 10.0. The maximum atomic E-state index is 4.96. The summed E-state index contributed by atoms with van der Waals surface area (Å²) in [5, 5.41) is 12.4. The van der Waals surface area contributed by atoms with Crippen LogP contribution in [0.4, 0.5) is 0 Å². The van der Waals surface area contributed by atoms with Crippen LogP contribution in [0.2, 0.25) is 0 Å². The van der Waals surface area contributed by atoms with Gasteiger partial charge in [0.1, 0.15) is 12.4 Å². The van der Waals surface area contributed by atoms with Gasteiger partial charge in [0.2, 0.25) is 0 Å². The van der Waals surface area contributed by atoms with Crippen LogP contribution in [0.5, 0.6) is 0 Å². The summed E-state index contributed by atoms with van der Waals surface area (Å²) in [5.74, 6) is 3.13. The molecule has 0 radical (unpaired) electrons. The second-order valence-corrected chi connectivity index (χ2v) is 8.52. The molecule has 2 aliphatic heterocycles. The first kappa shape index (κ1) is 25.0. The Morgan fingerprint density at radius 3 is 2.50 bits per heavy atom. The summed E-state index contributed by atoms with van der Waals surface area (Å²) in [4.78, 5) is 9.98. The van der Waals surface area contributed by atoms with E-state index in [1.54, 1.807) is 0 Å². The molecule has 0 aliphatic carbocycles. The highest BCUT2D eigenvalue weighted by Crippen LogP contribution is 2.25. The number of aromatic nitrogens is 3. The first-order valence-corrected chi connectivity index (χ1v) is 12.0. The van der Waals surface area contributed by atoms with E-state index in [1.165, 1.54) is 24.8 Å². The average molecular weight is 552 g/mol. The van der Waals surface area contributed by atoms with Gasteiger partial charge in [-0.15, -0.1) is 34.2 Å². The van der Waals surface area contributed by atoms with Crippen molar-refractivity contribution in [1.29, 1.82) is 0 Å². The van der Waals surface area contributed by atoms with Gasteiger partial charge in [0.15, 0.2) is 11.8 Å². The quantitative estimate of drug-likeness (QED) is 0.336. The minimum atomic E-state index is 0. The van der Waals surface area contributed by atoms with E-state index in [9.17, 15) is 0 Å². The van der Waals surface area contributed by atoms with Crippen molar-refractivity contribution >= 4 is 29.9 Å². The minimum absolute atomic E-state index is 0. The van der Waals surface area contributed by atoms with Crippen LogP contribution in [0.1, 0.15) is 62.8 Å². The number of aryl methyl sites for hydroxylation is 1. The number of piperazine rings is 1. The van der Waals surface area contributed by atoms with Crippen molar-refractivity contribution in [3.63, 3.8) is 0 Å². The maximum Gasteiger partial charge on any atom is 0.194 e. The van der Waals surface area contributed by atoms with Gasteiger partial charge in [-0.05, 0) is 31.7 Å². The number of nitrogens with zero attached hydrogens (tertiary/aromatic N) is 6. The fraction of sp³-hybridized carbons (Fsp3) is 0.625. The zero-order valence-electron chi connectivity index (χ0n) is 19.5. The smallest absolute Gasteiger partial charge is 0.194 e. The van der Waals surface area contributed by atoms with E-state index < -0.39 is 0 Å². The van der Waals surface area contributed by atoms with E-state index in [-0.39, 0.29) is 24.0 Å². The second kappa shape index (κ2) is 12.5.